The minimum Gasteiger partial charge on any atom is -0.545 e. The molecule has 2 aromatic rings. The largest absolute Gasteiger partial charge is 0.545 e. The molecule has 10 nitrogen and oxygen atoms in total. The molecule has 1 aliphatic carbocycles. The summed E-state index contributed by atoms with van der Waals surface area (Å²) in [5.74, 6) is -0.945. The molecular weight excluding hydrogens is 538 g/mol. The normalized spacial score (nSPS) is 11.2. The van der Waals surface area contributed by atoms with Crippen LogP contribution >= 0.6 is 0 Å². The summed E-state index contributed by atoms with van der Waals surface area (Å²) < 4.78 is 13.6. The van der Waals surface area contributed by atoms with Crippen LogP contribution in [0.3, 0.4) is 0 Å². The molecule has 1 amide bonds. The van der Waals surface area contributed by atoms with E-state index in [4.69, 9.17) is 14.3 Å². The number of anilines is 1. The summed E-state index contributed by atoms with van der Waals surface area (Å²) in [5.41, 5.74) is 3.76. The van der Waals surface area contributed by atoms with Gasteiger partial charge in [-0.3, -0.25) is 4.79 Å². The Labute approximate surface area is 244 Å². The molecule has 0 spiro atoms. The van der Waals surface area contributed by atoms with Crippen LogP contribution in [0.5, 0.6) is 0 Å². The number of hydrogen-bond acceptors (Lipinski definition) is 7. The number of amides is 1. The number of rotatable bonds is 9. The monoisotopic (exact) mass is 573 g/mol. The van der Waals surface area contributed by atoms with Gasteiger partial charge < -0.3 is 34.4 Å². The van der Waals surface area contributed by atoms with Crippen LogP contribution in [0.1, 0.15) is 31.1 Å². The zero-order valence-corrected chi connectivity index (χ0v) is 24.2. The predicted molar refractivity (Wildman–Crippen MR) is 160 cm³/mol. The number of hydrogen-bond donors (Lipinski definition) is 2. The van der Waals surface area contributed by atoms with Crippen molar-refractivity contribution in [1.82, 2.24) is 9.89 Å². The standard InChI is InChI=1S/C30H30N2O5.C2H5NO2/c1-5-31(6-2)21-12-14-25-27(18-21)37-28-19-22(32(7-3)16-17-36-20(4)33)13-15-26(28)29(25)23-10-8-9-11-24(23)30(34)35;1-3-2(4)5/h5,8-15,18-19H,1,6-7,16-17H2,2-4H3;3H,1H3,(H,4,5). The number of aromatic carboxylic acids is 1. The molecule has 1 heterocycles. The zero-order valence-electron chi connectivity index (χ0n) is 24.2. The first-order valence-electron chi connectivity index (χ1n) is 13.5. The summed E-state index contributed by atoms with van der Waals surface area (Å²) in [6.45, 7) is 11.6. The van der Waals surface area contributed by atoms with Crippen LogP contribution in [-0.4, -0.2) is 56.4 Å². The van der Waals surface area contributed by atoms with Crippen LogP contribution in [0.2, 0.25) is 0 Å². The SMILES string of the molecule is C=CN(CC)c1ccc2c(-c3ccccc3C(=O)[O-])c3ccc(=[N+](CC)CCOC(C)=O)cc-3oc2c1.CNC(=O)O. The van der Waals surface area contributed by atoms with E-state index in [1.807, 2.05) is 66.5 Å². The van der Waals surface area contributed by atoms with Crippen LogP contribution in [-0.2, 0) is 9.53 Å². The van der Waals surface area contributed by atoms with Gasteiger partial charge in [-0.25, -0.2) is 9.37 Å². The van der Waals surface area contributed by atoms with Gasteiger partial charge in [0.2, 0.25) is 5.36 Å². The van der Waals surface area contributed by atoms with E-state index in [0.29, 0.717) is 30.0 Å². The van der Waals surface area contributed by atoms with Gasteiger partial charge in [0.05, 0.1) is 12.0 Å². The molecule has 0 radical (unpaired) electrons. The third kappa shape index (κ3) is 7.34. The molecule has 1 aliphatic heterocycles. The van der Waals surface area contributed by atoms with E-state index < -0.39 is 12.1 Å². The number of carboxylic acids is 1. The number of carboxylic acid groups (broad SMARTS) is 2. The average molecular weight is 574 g/mol. The van der Waals surface area contributed by atoms with Gasteiger partial charge in [0.25, 0.3) is 0 Å². The first-order chi connectivity index (χ1) is 20.1. The summed E-state index contributed by atoms with van der Waals surface area (Å²) in [6.07, 6.45) is 0.763. The molecule has 0 fully saturated rings. The van der Waals surface area contributed by atoms with E-state index in [9.17, 15) is 19.5 Å². The number of fused-ring (bicyclic) bond motifs is 2. The summed E-state index contributed by atoms with van der Waals surface area (Å²) in [5, 5.41) is 23.3. The molecule has 0 saturated carbocycles. The van der Waals surface area contributed by atoms with Crippen molar-refractivity contribution < 1.29 is 33.8 Å². The average Bonchev–Trinajstić information content (AvgIpc) is 2.98. The molecule has 0 unspecified atom stereocenters. The number of esters is 1. The molecule has 0 aromatic heterocycles. The summed E-state index contributed by atoms with van der Waals surface area (Å²) in [4.78, 5) is 34.5. The van der Waals surface area contributed by atoms with E-state index in [1.54, 1.807) is 24.4 Å². The Morgan fingerprint density at radius 1 is 1.10 bits per heavy atom. The highest BCUT2D eigenvalue weighted by Crippen LogP contribution is 2.41. The van der Waals surface area contributed by atoms with Gasteiger partial charge >= 0.3 is 12.1 Å². The van der Waals surface area contributed by atoms with E-state index in [2.05, 4.69) is 11.2 Å². The number of carbonyl (C=O) groups is 3. The highest BCUT2D eigenvalue weighted by atomic mass is 16.5. The number of nitrogens with one attached hydrogen (secondary N) is 1. The summed E-state index contributed by atoms with van der Waals surface area (Å²) in [6, 6.07) is 18.6. The van der Waals surface area contributed by atoms with Crippen molar-refractivity contribution in [3.8, 4) is 22.5 Å². The summed E-state index contributed by atoms with van der Waals surface area (Å²) >= 11 is 0. The zero-order chi connectivity index (χ0) is 30.8. The van der Waals surface area contributed by atoms with Crippen molar-refractivity contribution in [3.63, 3.8) is 0 Å². The van der Waals surface area contributed by atoms with Gasteiger partial charge in [0, 0.05) is 60.4 Å². The van der Waals surface area contributed by atoms with E-state index in [0.717, 1.165) is 34.1 Å². The van der Waals surface area contributed by atoms with Gasteiger partial charge in [-0.1, -0.05) is 30.8 Å². The molecular formula is C32H35N3O7. The van der Waals surface area contributed by atoms with E-state index in [1.165, 1.54) is 14.0 Å². The molecule has 2 aromatic carbocycles. The highest BCUT2D eigenvalue weighted by Gasteiger charge is 2.21. The van der Waals surface area contributed by atoms with Crippen molar-refractivity contribution in [2.24, 2.45) is 0 Å². The lowest BCUT2D eigenvalue weighted by Crippen LogP contribution is -2.33. The molecule has 0 saturated heterocycles. The Morgan fingerprint density at radius 2 is 1.81 bits per heavy atom. The molecule has 4 rings (SSSR count). The van der Waals surface area contributed by atoms with Crippen molar-refractivity contribution in [1.29, 1.82) is 0 Å². The molecule has 42 heavy (non-hydrogen) atoms. The van der Waals surface area contributed by atoms with Crippen molar-refractivity contribution in [3.05, 3.63) is 84.4 Å². The Hall–Kier alpha value is -5.12. The van der Waals surface area contributed by atoms with Crippen LogP contribution < -0.4 is 25.3 Å². The number of carbonyl (C=O) groups excluding carboxylic acids is 2. The van der Waals surface area contributed by atoms with Crippen LogP contribution in [0.25, 0.3) is 33.4 Å². The van der Waals surface area contributed by atoms with Gasteiger partial charge in [-0.05, 0) is 43.8 Å². The Morgan fingerprint density at radius 3 is 2.40 bits per heavy atom. The molecule has 10 heteroatoms. The molecule has 2 aliphatic rings. The van der Waals surface area contributed by atoms with Crippen LogP contribution in [0.4, 0.5) is 10.5 Å². The van der Waals surface area contributed by atoms with Gasteiger partial charge in [-0.15, -0.1) is 0 Å². The predicted octanol–water partition coefficient (Wildman–Crippen LogP) is 3.78. The first kappa shape index (κ1) is 31.4. The van der Waals surface area contributed by atoms with Crippen molar-refractivity contribution in [2.45, 2.75) is 20.8 Å². The van der Waals surface area contributed by atoms with Crippen molar-refractivity contribution >= 4 is 34.7 Å². The lowest BCUT2D eigenvalue weighted by molar-refractivity contribution is -0.254. The van der Waals surface area contributed by atoms with Gasteiger partial charge in [0.1, 0.15) is 24.5 Å². The minimum atomic E-state index is -1.24. The van der Waals surface area contributed by atoms with Crippen LogP contribution in [0.15, 0.2) is 77.9 Å². The fourth-order valence-electron chi connectivity index (χ4n) is 4.60. The number of ether oxygens (including phenoxy) is 1. The maximum Gasteiger partial charge on any atom is 0.404 e. The fraction of sp³-hybridized carbons (Fsp3) is 0.250. The minimum absolute atomic E-state index is 0.113. The smallest absolute Gasteiger partial charge is 0.404 e. The number of likely N-dealkylation sites (N-methyl/N-ethyl adjacent to an activating group) is 1. The van der Waals surface area contributed by atoms with Gasteiger partial charge in [0.15, 0.2) is 6.54 Å². The van der Waals surface area contributed by atoms with E-state index >= 15 is 0 Å². The van der Waals surface area contributed by atoms with E-state index in [-0.39, 0.29) is 18.1 Å². The molecule has 220 valence electrons. The third-order valence-corrected chi connectivity index (χ3v) is 6.63. The quantitative estimate of drug-likeness (QED) is 0.176. The first-order valence-corrected chi connectivity index (χ1v) is 13.5. The second-order valence-electron chi connectivity index (χ2n) is 9.11. The highest BCUT2D eigenvalue weighted by molar-refractivity contribution is 6.07. The molecule has 0 bridgehead atoms. The van der Waals surface area contributed by atoms with Crippen molar-refractivity contribution in [2.75, 3.05) is 38.2 Å². The third-order valence-electron chi connectivity index (χ3n) is 6.63. The lowest BCUT2D eigenvalue weighted by Gasteiger charge is -2.21. The second-order valence-corrected chi connectivity index (χ2v) is 9.11. The molecule has 2 N–H and O–H groups in total. The number of benzene rings is 3. The summed E-state index contributed by atoms with van der Waals surface area (Å²) in [7, 11) is 1.35. The maximum absolute atomic E-state index is 12.0. The fourth-order valence-corrected chi connectivity index (χ4v) is 4.60. The van der Waals surface area contributed by atoms with Crippen LogP contribution in [0, 0.1) is 0 Å². The maximum atomic E-state index is 12.0. The number of nitrogens with zero attached hydrogens (tertiary/aromatic N) is 2. The lowest BCUT2D eigenvalue weighted by atomic mass is 9.90. The second kappa shape index (κ2) is 14.5. The Kier molecular flexibility index (Phi) is 10.8. The van der Waals surface area contributed by atoms with Gasteiger partial charge in [-0.2, -0.15) is 0 Å². The molecule has 0 atom stereocenters. The Bertz CT molecular complexity index is 1640. The Balaban J connectivity index is 0.000000892. The topological polar surface area (TPSA) is 135 Å².